The van der Waals surface area contributed by atoms with Gasteiger partial charge in [-0.25, -0.2) is 4.79 Å². The van der Waals surface area contributed by atoms with Crippen LogP contribution in [0.25, 0.3) is 11.0 Å². The van der Waals surface area contributed by atoms with Gasteiger partial charge in [-0.05, 0) is 30.5 Å². The quantitative estimate of drug-likeness (QED) is 0.832. The van der Waals surface area contributed by atoms with E-state index in [4.69, 9.17) is 4.52 Å². The van der Waals surface area contributed by atoms with Crippen LogP contribution in [0.3, 0.4) is 0 Å². The highest BCUT2D eigenvalue weighted by atomic mass is 16.5. The van der Waals surface area contributed by atoms with E-state index in [1.807, 2.05) is 6.07 Å². The van der Waals surface area contributed by atoms with E-state index >= 15 is 0 Å². The van der Waals surface area contributed by atoms with Crippen molar-refractivity contribution in [1.29, 1.82) is 0 Å². The second kappa shape index (κ2) is 8.12. The summed E-state index contributed by atoms with van der Waals surface area (Å²) in [6, 6.07) is 6.11. The Balaban J connectivity index is 1.48. The molecule has 0 radical (unpaired) electrons. The molecule has 1 atom stereocenters. The number of hydrogen-bond acceptors (Lipinski definition) is 6. The summed E-state index contributed by atoms with van der Waals surface area (Å²) in [7, 11) is 0. The number of aromatic nitrogens is 1. The number of piperazine rings is 1. The zero-order valence-corrected chi connectivity index (χ0v) is 17.4. The molecular formula is C21H29N5O3. The molecule has 2 fully saturated rings. The Morgan fingerprint density at radius 2 is 2.07 bits per heavy atom. The minimum absolute atomic E-state index is 0.259. The number of nitrogens with one attached hydrogen (secondary N) is 1. The molecular weight excluding hydrogens is 370 g/mol. The summed E-state index contributed by atoms with van der Waals surface area (Å²) in [5, 5.41) is 7.23. The Hall–Kier alpha value is -2.45. The van der Waals surface area contributed by atoms with Crippen molar-refractivity contribution in [3.05, 3.63) is 23.8 Å². The highest BCUT2D eigenvalue weighted by molar-refractivity contribution is 6.08. The monoisotopic (exact) mass is 399 g/mol. The lowest BCUT2D eigenvalue weighted by Gasteiger charge is -2.40. The predicted molar refractivity (Wildman–Crippen MR) is 111 cm³/mol. The van der Waals surface area contributed by atoms with E-state index in [0.717, 1.165) is 38.1 Å². The van der Waals surface area contributed by atoms with Crippen LogP contribution < -0.4 is 10.2 Å². The lowest BCUT2D eigenvalue weighted by molar-refractivity contribution is -0.120. The second-order valence-corrected chi connectivity index (χ2v) is 8.56. The molecule has 2 aliphatic rings. The van der Waals surface area contributed by atoms with E-state index < -0.39 is 6.03 Å². The van der Waals surface area contributed by atoms with Gasteiger partial charge >= 0.3 is 6.03 Å². The van der Waals surface area contributed by atoms with Gasteiger partial charge in [-0.3, -0.25) is 24.8 Å². The van der Waals surface area contributed by atoms with Gasteiger partial charge in [-0.2, -0.15) is 0 Å². The SMILES string of the molecule is CC(C)CN1CCN(Cc2ccc3onc(N4CCC(=O)NC4=O)c3c2)C[C@@H]1C. The molecule has 2 saturated heterocycles. The third kappa shape index (κ3) is 4.28. The molecule has 2 aromatic rings. The zero-order chi connectivity index (χ0) is 20.5. The highest BCUT2D eigenvalue weighted by Gasteiger charge is 2.29. The van der Waals surface area contributed by atoms with Crippen molar-refractivity contribution in [3.8, 4) is 0 Å². The third-order valence-electron chi connectivity index (χ3n) is 5.68. The van der Waals surface area contributed by atoms with Gasteiger partial charge in [-0.1, -0.05) is 25.1 Å². The lowest BCUT2D eigenvalue weighted by atomic mass is 10.1. The van der Waals surface area contributed by atoms with E-state index in [-0.39, 0.29) is 12.3 Å². The molecule has 156 valence electrons. The van der Waals surface area contributed by atoms with Crippen LogP contribution in [0.15, 0.2) is 22.7 Å². The van der Waals surface area contributed by atoms with E-state index in [1.54, 1.807) is 0 Å². The number of imide groups is 1. The van der Waals surface area contributed by atoms with Gasteiger partial charge in [0.2, 0.25) is 5.91 Å². The third-order valence-corrected chi connectivity index (χ3v) is 5.68. The van der Waals surface area contributed by atoms with Crippen molar-refractivity contribution in [2.24, 2.45) is 5.92 Å². The van der Waals surface area contributed by atoms with Gasteiger partial charge in [0.15, 0.2) is 11.4 Å². The highest BCUT2D eigenvalue weighted by Crippen LogP contribution is 2.29. The standard InChI is InChI=1S/C21H29N5O3/c1-14(2)11-25-9-8-24(12-15(25)3)13-16-4-5-18-17(10-16)20(23-29-18)26-7-6-19(27)22-21(26)28/h4-5,10,14-15H,6-9,11-13H2,1-3H3,(H,22,27,28)/t15-/m0/s1. The number of urea groups is 1. The van der Waals surface area contributed by atoms with E-state index in [9.17, 15) is 9.59 Å². The molecule has 0 bridgehead atoms. The predicted octanol–water partition coefficient (Wildman–Crippen LogP) is 2.44. The number of amides is 3. The molecule has 8 heteroatoms. The Morgan fingerprint density at radius 3 is 2.79 bits per heavy atom. The number of hydrogen-bond donors (Lipinski definition) is 1. The first-order valence-corrected chi connectivity index (χ1v) is 10.4. The molecule has 0 unspecified atom stereocenters. The molecule has 8 nitrogen and oxygen atoms in total. The first-order chi connectivity index (χ1) is 13.9. The van der Waals surface area contributed by atoms with Crippen molar-refractivity contribution in [2.45, 2.75) is 39.8 Å². The Bertz CT molecular complexity index is 909. The molecule has 1 aromatic heterocycles. The van der Waals surface area contributed by atoms with Crippen molar-refractivity contribution in [2.75, 3.05) is 37.6 Å². The van der Waals surface area contributed by atoms with Crippen LogP contribution >= 0.6 is 0 Å². The molecule has 0 spiro atoms. The Kier molecular flexibility index (Phi) is 5.56. The van der Waals surface area contributed by atoms with E-state index in [0.29, 0.717) is 29.9 Å². The summed E-state index contributed by atoms with van der Waals surface area (Å²) in [5.74, 6) is 0.896. The zero-order valence-electron chi connectivity index (χ0n) is 17.4. The number of benzene rings is 1. The number of anilines is 1. The summed E-state index contributed by atoms with van der Waals surface area (Å²) in [6.07, 6.45) is 0.262. The summed E-state index contributed by atoms with van der Waals surface area (Å²) in [5.41, 5.74) is 1.81. The van der Waals surface area contributed by atoms with E-state index in [1.165, 1.54) is 10.5 Å². The van der Waals surface area contributed by atoms with Crippen molar-refractivity contribution >= 4 is 28.7 Å². The molecule has 1 N–H and O–H groups in total. The fourth-order valence-electron chi connectivity index (χ4n) is 4.25. The smallest absolute Gasteiger partial charge is 0.329 e. The lowest BCUT2D eigenvalue weighted by Crippen LogP contribution is -2.52. The Morgan fingerprint density at radius 1 is 1.24 bits per heavy atom. The molecule has 4 rings (SSSR count). The largest absolute Gasteiger partial charge is 0.354 e. The average Bonchev–Trinajstić information content (AvgIpc) is 3.07. The molecule has 0 saturated carbocycles. The fraction of sp³-hybridized carbons (Fsp3) is 0.571. The first kappa shape index (κ1) is 19.8. The number of fused-ring (bicyclic) bond motifs is 1. The van der Waals surface area contributed by atoms with Crippen LogP contribution in [-0.4, -0.2) is 65.7 Å². The first-order valence-electron chi connectivity index (χ1n) is 10.4. The molecule has 29 heavy (non-hydrogen) atoms. The maximum absolute atomic E-state index is 12.2. The van der Waals surface area contributed by atoms with Crippen molar-refractivity contribution in [3.63, 3.8) is 0 Å². The summed E-state index contributed by atoms with van der Waals surface area (Å²) < 4.78 is 5.41. The number of rotatable bonds is 5. The fourth-order valence-corrected chi connectivity index (χ4v) is 4.25. The van der Waals surface area contributed by atoms with Crippen LogP contribution in [0.5, 0.6) is 0 Å². The summed E-state index contributed by atoms with van der Waals surface area (Å²) in [4.78, 5) is 30.1. The molecule has 1 aromatic carbocycles. The maximum Gasteiger partial charge on any atom is 0.329 e. The van der Waals surface area contributed by atoms with Gasteiger partial charge in [0.25, 0.3) is 0 Å². The van der Waals surface area contributed by atoms with Crippen LogP contribution in [-0.2, 0) is 11.3 Å². The topological polar surface area (TPSA) is 81.9 Å². The number of nitrogens with zero attached hydrogens (tertiary/aromatic N) is 4. The molecule has 3 amide bonds. The van der Waals surface area contributed by atoms with Gasteiger partial charge in [-0.15, -0.1) is 0 Å². The van der Waals surface area contributed by atoms with Gasteiger partial charge in [0.1, 0.15) is 0 Å². The normalized spacial score (nSPS) is 21.9. The van der Waals surface area contributed by atoms with Crippen LogP contribution in [0.4, 0.5) is 10.6 Å². The molecule has 0 aliphatic carbocycles. The minimum Gasteiger partial charge on any atom is -0.354 e. The summed E-state index contributed by atoms with van der Waals surface area (Å²) in [6.45, 7) is 12.3. The number of carbonyl (C=O) groups excluding carboxylic acids is 2. The molecule has 3 heterocycles. The van der Waals surface area contributed by atoms with Crippen LogP contribution in [0, 0.1) is 5.92 Å². The van der Waals surface area contributed by atoms with Crippen molar-refractivity contribution < 1.29 is 14.1 Å². The number of carbonyl (C=O) groups is 2. The van der Waals surface area contributed by atoms with Crippen LogP contribution in [0.2, 0.25) is 0 Å². The average molecular weight is 399 g/mol. The molecule has 2 aliphatic heterocycles. The Labute approximate surface area is 170 Å². The van der Waals surface area contributed by atoms with Crippen molar-refractivity contribution in [1.82, 2.24) is 20.3 Å². The second-order valence-electron chi connectivity index (χ2n) is 8.56. The summed E-state index contributed by atoms with van der Waals surface area (Å²) >= 11 is 0. The minimum atomic E-state index is -0.447. The maximum atomic E-state index is 12.2. The van der Waals surface area contributed by atoms with Gasteiger partial charge in [0.05, 0.1) is 5.39 Å². The van der Waals surface area contributed by atoms with Gasteiger partial charge < -0.3 is 4.52 Å². The van der Waals surface area contributed by atoms with Crippen LogP contribution in [0.1, 0.15) is 32.8 Å². The van der Waals surface area contributed by atoms with E-state index in [2.05, 4.69) is 53.2 Å². The van der Waals surface area contributed by atoms with Gasteiger partial charge in [0, 0.05) is 51.7 Å².